The third-order valence-electron chi connectivity index (χ3n) is 1.91. The fourth-order valence-corrected chi connectivity index (χ4v) is 1.73. The number of benzene rings is 1. The fraction of sp³-hybridized carbons (Fsp3) is 0.182. The molecule has 0 N–H and O–H groups in total. The van der Waals surface area contributed by atoms with Crippen molar-refractivity contribution in [1.82, 2.24) is 0 Å². The average Bonchev–Trinajstić information content (AvgIpc) is 2.24. The summed E-state index contributed by atoms with van der Waals surface area (Å²) in [5, 5.41) is 0. The van der Waals surface area contributed by atoms with Crippen LogP contribution in [-0.4, -0.2) is 22.4 Å². The lowest BCUT2D eigenvalue weighted by molar-refractivity contribution is -0.0841. The van der Waals surface area contributed by atoms with Gasteiger partial charge in [0.2, 0.25) is 0 Å². The van der Waals surface area contributed by atoms with Crippen molar-refractivity contribution in [3.8, 4) is 0 Å². The molecular formula is C11H9F3O2S. The van der Waals surface area contributed by atoms with Gasteiger partial charge in [0, 0.05) is 17.9 Å². The maximum atomic E-state index is 12.4. The molecular weight excluding hydrogens is 253 g/mol. The van der Waals surface area contributed by atoms with Crippen LogP contribution in [0.4, 0.5) is 13.2 Å². The second kappa shape index (κ2) is 5.27. The summed E-state index contributed by atoms with van der Waals surface area (Å²) in [5.74, 6) is -0.812. The molecule has 0 bridgehead atoms. The van der Waals surface area contributed by atoms with Crippen LogP contribution in [0.2, 0.25) is 0 Å². The molecule has 2 nitrogen and oxygen atoms in total. The summed E-state index contributed by atoms with van der Waals surface area (Å²) in [6, 6.07) is 7.51. The molecule has 0 heterocycles. The summed E-state index contributed by atoms with van der Waals surface area (Å²) in [7, 11) is -2.25. The van der Waals surface area contributed by atoms with Crippen LogP contribution in [0.15, 0.2) is 41.3 Å². The Morgan fingerprint density at radius 3 is 2.18 bits per heavy atom. The van der Waals surface area contributed by atoms with Crippen molar-refractivity contribution in [2.75, 3.05) is 6.26 Å². The molecule has 0 aliphatic carbocycles. The van der Waals surface area contributed by atoms with E-state index in [9.17, 15) is 22.2 Å². The standard InChI is InChI=1S/C11H9F3O2S/c1-17(16)10(11(12,13)14)7-9(15)8-5-3-2-4-6-8/h2-7H,1H3/b10-7-. The summed E-state index contributed by atoms with van der Waals surface area (Å²) in [6.07, 6.45) is -3.49. The molecule has 1 aromatic carbocycles. The fourth-order valence-electron chi connectivity index (χ4n) is 1.13. The molecule has 1 rings (SSSR count). The number of rotatable bonds is 3. The SMILES string of the molecule is CS(=O)/C(=C\C(=O)c1ccccc1)C(F)(F)F. The van der Waals surface area contributed by atoms with Gasteiger partial charge in [-0.15, -0.1) is 0 Å². The van der Waals surface area contributed by atoms with Gasteiger partial charge in [-0.3, -0.25) is 9.00 Å². The van der Waals surface area contributed by atoms with Gasteiger partial charge >= 0.3 is 6.18 Å². The van der Waals surface area contributed by atoms with Crippen molar-refractivity contribution in [1.29, 1.82) is 0 Å². The molecule has 17 heavy (non-hydrogen) atoms. The molecule has 0 aliphatic rings. The molecule has 0 saturated carbocycles. The minimum atomic E-state index is -4.76. The number of allylic oxidation sites excluding steroid dienone is 2. The number of ketones is 1. The monoisotopic (exact) mass is 262 g/mol. The van der Waals surface area contributed by atoms with E-state index in [1.54, 1.807) is 6.07 Å². The zero-order valence-electron chi connectivity index (χ0n) is 8.82. The Hall–Kier alpha value is -1.43. The van der Waals surface area contributed by atoms with Crippen LogP contribution in [0.5, 0.6) is 0 Å². The van der Waals surface area contributed by atoms with E-state index in [4.69, 9.17) is 0 Å². The Labute approximate surface area is 98.6 Å². The van der Waals surface area contributed by atoms with E-state index < -0.39 is 27.7 Å². The van der Waals surface area contributed by atoms with Gasteiger partial charge in [0.1, 0.15) is 4.91 Å². The van der Waals surface area contributed by atoms with Crippen molar-refractivity contribution in [2.45, 2.75) is 6.18 Å². The largest absolute Gasteiger partial charge is 0.424 e. The first kappa shape index (κ1) is 13.6. The second-order valence-corrected chi connectivity index (χ2v) is 4.54. The van der Waals surface area contributed by atoms with E-state index >= 15 is 0 Å². The Morgan fingerprint density at radius 2 is 1.76 bits per heavy atom. The van der Waals surface area contributed by atoms with Crippen molar-refractivity contribution in [2.24, 2.45) is 0 Å². The van der Waals surface area contributed by atoms with E-state index in [0.29, 0.717) is 6.08 Å². The molecule has 0 fully saturated rings. The van der Waals surface area contributed by atoms with Crippen molar-refractivity contribution < 1.29 is 22.2 Å². The first-order valence-electron chi connectivity index (χ1n) is 4.54. The molecule has 1 aromatic rings. The van der Waals surface area contributed by atoms with Crippen LogP contribution in [0.3, 0.4) is 0 Å². The second-order valence-electron chi connectivity index (χ2n) is 3.19. The normalized spacial score (nSPS) is 14.5. The van der Waals surface area contributed by atoms with Gasteiger partial charge in [-0.05, 0) is 0 Å². The smallest absolute Gasteiger partial charge is 0.289 e. The third-order valence-corrected chi connectivity index (χ3v) is 2.88. The van der Waals surface area contributed by atoms with Crippen LogP contribution in [0.1, 0.15) is 10.4 Å². The Balaban J connectivity index is 3.09. The number of halogens is 3. The molecule has 92 valence electrons. The van der Waals surface area contributed by atoms with Crippen molar-refractivity contribution >= 4 is 16.6 Å². The topological polar surface area (TPSA) is 34.1 Å². The summed E-state index contributed by atoms with van der Waals surface area (Å²) in [4.78, 5) is 10.2. The highest BCUT2D eigenvalue weighted by molar-refractivity contribution is 7.88. The van der Waals surface area contributed by atoms with E-state index in [1.807, 2.05) is 0 Å². The highest BCUT2D eigenvalue weighted by Crippen LogP contribution is 2.27. The van der Waals surface area contributed by atoms with E-state index in [1.165, 1.54) is 24.3 Å². The zero-order chi connectivity index (χ0) is 13.1. The Morgan fingerprint density at radius 1 is 1.24 bits per heavy atom. The molecule has 0 aromatic heterocycles. The third kappa shape index (κ3) is 3.81. The molecule has 0 radical (unpaired) electrons. The molecule has 0 aliphatic heterocycles. The molecule has 0 amide bonds. The summed E-state index contributed by atoms with van der Waals surface area (Å²) in [6.45, 7) is 0. The first-order valence-corrected chi connectivity index (χ1v) is 6.10. The van der Waals surface area contributed by atoms with E-state index in [-0.39, 0.29) is 5.56 Å². The molecule has 1 unspecified atom stereocenters. The molecule has 0 saturated heterocycles. The Bertz CT molecular complexity index is 463. The number of alkyl halides is 3. The quantitative estimate of drug-likeness (QED) is 0.620. The summed E-state index contributed by atoms with van der Waals surface area (Å²) in [5.41, 5.74) is 0.125. The predicted octanol–water partition coefficient (Wildman–Crippen LogP) is 2.69. The van der Waals surface area contributed by atoms with Crippen molar-refractivity contribution in [3.63, 3.8) is 0 Å². The molecule has 6 heteroatoms. The lowest BCUT2D eigenvalue weighted by Crippen LogP contribution is -2.17. The van der Waals surface area contributed by atoms with Gasteiger partial charge in [-0.1, -0.05) is 30.3 Å². The minimum Gasteiger partial charge on any atom is -0.289 e. The van der Waals surface area contributed by atoms with Crippen LogP contribution < -0.4 is 0 Å². The maximum absolute atomic E-state index is 12.4. The van der Waals surface area contributed by atoms with E-state index in [2.05, 4.69) is 0 Å². The molecule has 0 spiro atoms. The van der Waals surface area contributed by atoms with E-state index in [0.717, 1.165) is 6.26 Å². The van der Waals surface area contributed by atoms with Gasteiger partial charge in [-0.25, -0.2) is 0 Å². The van der Waals surface area contributed by atoms with Crippen LogP contribution in [-0.2, 0) is 10.8 Å². The number of carbonyl (C=O) groups is 1. The lowest BCUT2D eigenvalue weighted by Gasteiger charge is -2.08. The Kier molecular flexibility index (Phi) is 4.22. The number of hydrogen-bond donors (Lipinski definition) is 0. The van der Waals surface area contributed by atoms with Crippen LogP contribution in [0.25, 0.3) is 0 Å². The predicted molar refractivity (Wildman–Crippen MR) is 59.0 cm³/mol. The van der Waals surface area contributed by atoms with Gasteiger partial charge < -0.3 is 0 Å². The highest BCUT2D eigenvalue weighted by Gasteiger charge is 2.37. The number of carbonyl (C=O) groups excluding carboxylic acids is 1. The highest BCUT2D eigenvalue weighted by atomic mass is 32.2. The minimum absolute atomic E-state index is 0.125. The maximum Gasteiger partial charge on any atom is 0.424 e. The van der Waals surface area contributed by atoms with Gasteiger partial charge in [0.25, 0.3) is 0 Å². The van der Waals surface area contributed by atoms with Gasteiger partial charge in [0.15, 0.2) is 5.78 Å². The average molecular weight is 262 g/mol. The summed E-state index contributed by atoms with van der Waals surface area (Å²) < 4.78 is 48.2. The lowest BCUT2D eigenvalue weighted by atomic mass is 10.1. The summed E-state index contributed by atoms with van der Waals surface area (Å²) >= 11 is 0. The van der Waals surface area contributed by atoms with Gasteiger partial charge in [0.05, 0.1) is 10.8 Å². The zero-order valence-corrected chi connectivity index (χ0v) is 9.64. The molecule has 1 atom stereocenters. The first-order chi connectivity index (χ1) is 7.82. The van der Waals surface area contributed by atoms with Gasteiger partial charge in [-0.2, -0.15) is 13.2 Å². The van der Waals surface area contributed by atoms with Crippen LogP contribution in [0, 0.1) is 0 Å². The van der Waals surface area contributed by atoms with Crippen molar-refractivity contribution in [3.05, 3.63) is 46.9 Å². The number of hydrogen-bond acceptors (Lipinski definition) is 2. The van der Waals surface area contributed by atoms with Crippen LogP contribution >= 0.6 is 0 Å².